The Morgan fingerprint density at radius 3 is 1.97 bits per heavy atom. The van der Waals surface area contributed by atoms with Gasteiger partial charge < -0.3 is 9.47 Å². The summed E-state index contributed by atoms with van der Waals surface area (Å²) in [5, 5.41) is 0. The molecule has 4 rings (SSSR count). The molecule has 0 N–H and O–H groups in total. The molecule has 168 valence electrons. The van der Waals surface area contributed by atoms with Crippen LogP contribution in [0.4, 0.5) is 0 Å². The molecule has 0 unspecified atom stereocenters. The van der Waals surface area contributed by atoms with Gasteiger partial charge in [0.15, 0.2) is 0 Å². The Labute approximate surface area is 193 Å². The van der Waals surface area contributed by atoms with Crippen molar-refractivity contribution in [2.24, 2.45) is 5.92 Å². The zero-order valence-electron chi connectivity index (χ0n) is 18.4. The molecule has 5 nitrogen and oxygen atoms in total. The van der Waals surface area contributed by atoms with Gasteiger partial charge in [0, 0.05) is 17.9 Å². The Hall–Kier alpha value is -3.73. The van der Waals surface area contributed by atoms with Gasteiger partial charge in [-0.25, -0.2) is 4.79 Å². The number of hydrogen-bond donors (Lipinski definition) is 0. The minimum atomic E-state index is -1.22. The lowest BCUT2D eigenvalue weighted by atomic mass is 9.80. The van der Waals surface area contributed by atoms with Gasteiger partial charge in [-0.05, 0) is 24.0 Å². The Morgan fingerprint density at radius 2 is 1.39 bits per heavy atom. The fraction of sp³-hybridized carbons (Fsp3) is 0.250. The maximum atomic E-state index is 13.5. The summed E-state index contributed by atoms with van der Waals surface area (Å²) in [7, 11) is 0. The van der Waals surface area contributed by atoms with Gasteiger partial charge >= 0.3 is 11.9 Å². The zero-order valence-corrected chi connectivity index (χ0v) is 18.4. The highest BCUT2D eigenvalue weighted by atomic mass is 16.6. The van der Waals surface area contributed by atoms with Crippen LogP contribution in [0.2, 0.25) is 0 Å². The van der Waals surface area contributed by atoms with E-state index in [0.29, 0.717) is 5.56 Å². The minimum absolute atomic E-state index is 0.156. The van der Waals surface area contributed by atoms with Crippen LogP contribution >= 0.6 is 0 Å². The fourth-order valence-corrected chi connectivity index (χ4v) is 4.59. The summed E-state index contributed by atoms with van der Waals surface area (Å²) in [4.78, 5) is 39.3. The Kier molecular flexibility index (Phi) is 6.98. The van der Waals surface area contributed by atoms with Gasteiger partial charge in [0.05, 0.1) is 6.61 Å². The van der Waals surface area contributed by atoms with Gasteiger partial charge in [0.1, 0.15) is 11.7 Å². The number of carbonyl (C=O) groups is 3. The van der Waals surface area contributed by atoms with Crippen LogP contribution in [0.3, 0.4) is 0 Å². The lowest BCUT2D eigenvalue weighted by Gasteiger charge is -2.25. The fourth-order valence-electron chi connectivity index (χ4n) is 4.59. The van der Waals surface area contributed by atoms with Crippen LogP contribution in [0.1, 0.15) is 48.0 Å². The first-order chi connectivity index (χ1) is 16.1. The number of benzene rings is 3. The summed E-state index contributed by atoms with van der Waals surface area (Å²) in [6.07, 6.45) is -0.989. The molecule has 1 aliphatic carbocycles. The summed E-state index contributed by atoms with van der Waals surface area (Å²) in [6.45, 7) is 1.85. The third-order valence-corrected chi connectivity index (χ3v) is 6.06. The van der Waals surface area contributed by atoms with Crippen LogP contribution < -0.4 is 0 Å². The Morgan fingerprint density at radius 1 is 0.848 bits per heavy atom. The number of ether oxygens (including phenoxy) is 2. The lowest BCUT2D eigenvalue weighted by Crippen LogP contribution is -2.31. The number of ketones is 1. The highest BCUT2D eigenvalue weighted by molar-refractivity contribution is 6.03. The summed E-state index contributed by atoms with van der Waals surface area (Å²) in [5.74, 6) is -3.08. The molecule has 0 aromatic heterocycles. The number of rotatable bonds is 7. The molecule has 5 heteroatoms. The van der Waals surface area contributed by atoms with E-state index in [9.17, 15) is 14.4 Å². The topological polar surface area (TPSA) is 69.7 Å². The van der Waals surface area contributed by atoms with Crippen molar-refractivity contribution in [1.29, 1.82) is 0 Å². The smallest absolute Gasteiger partial charge is 0.352 e. The third kappa shape index (κ3) is 4.87. The molecular formula is C28H26O5. The molecule has 4 atom stereocenters. The molecule has 1 aliphatic rings. The van der Waals surface area contributed by atoms with E-state index in [0.717, 1.165) is 11.1 Å². The molecule has 0 spiro atoms. The number of carbonyl (C=O) groups excluding carboxylic acids is 3. The summed E-state index contributed by atoms with van der Waals surface area (Å²) in [6, 6.07) is 28.0. The van der Waals surface area contributed by atoms with Crippen LogP contribution in [-0.2, 0) is 23.9 Å². The first-order valence-electron chi connectivity index (χ1n) is 11.1. The van der Waals surface area contributed by atoms with Crippen LogP contribution in [-0.4, -0.2) is 24.3 Å². The normalized spacial score (nSPS) is 20.8. The average Bonchev–Trinajstić information content (AvgIpc) is 3.21. The molecule has 0 bridgehead atoms. The molecule has 33 heavy (non-hydrogen) atoms. The summed E-state index contributed by atoms with van der Waals surface area (Å²) in [5.41, 5.74) is 2.40. The molecule has 0 aliphatic heterocycles. The number of hydrogen-bond acceptors (Lipinski definition) is 5. The van der Waals surface area contributed by atoms with E-state index in [1.807, 2.05) is 66.7 Å². The van der Waals surface area contributed by atoms with Crippen molar-refractivity contribution >= 4 is 17.7 Å². The maximum absolute atomic E-state index is 13.5. The van der Waals surface area contributed by atoms with E-state index in [2.05, 4.69) is 0 Å². The van der Waals surface area contributed by atoms with Crippen molar-refractivity contribution in [3.8, 4) is 0 Å². The van der Waals surface area contributed by atoms with Crippen molar-refractivity contribution < 1.29 is 23.9 Å². The standard InChI is InChI=1S/C28H26O5/c1-2-32-28(31)26(21-16-10-5-11-17-21)33-27(30)25-23(29)18-22(19-12-6-3-7-13-19)24(25)20-14-8-4-9-15-20/h3-17,22,24-26H,2,18H2,1H3/t22-,24-,25+,26-/m0/s1. The minimum Gasteiger partial charge on any atom is -0.463 e. The molecule has 1 saturated carbocycles. The molecule has 3 aromatic carbocycles. The average molecular weight is 443 g/mol. The van der Waals surface area contributed by atoms with Crippen molar-refractivity contribution in [3.05, 3.63) is 108 Å². The first kappa shape index (κ1) is 22.5. The van der Waals surface area contributed by atoms with E-state index in [1.165, 1.54) is 0 Å². The van der Waals surface area contributed by atoms with E-state index < -0.39 is 24.0 Å². The van der Waals surface area contributed by atoms with Gasteiger partial charge in [0.25, 0.3) is 0 Å². The van der Waals surface area contributed by atoms with Gasteiger partial charge in [0.2, 0.25) is 6.10 Å². The SMILES string of the molecule is CCOC(=O)[C@@H](OC(=O)[C@@H]1C(=O)C[C@@H](c2ccccc2)[C@@H]1c1ccccc1)c1ccccc1. The quantitative estimate of drug-likeness (QED) is 0.381. The monoisotopic (exact) mass is 442 g/mol. The first-order valence-corrected chi connectivity index (χ1v) is 11.1. The van der Waals surface area contributed by atoms with Crippen molar-refractivity contribution in [1.82, 2.24) is 0 Å². The predicted molar refractivity (Wildman–Crippen MR) is 123 cm³/mol. The third-order valence-electron chi connectivity index (χ3n) is 6.06. The second-order valence-electron chi connectivity index (χ2n) is 8.08. The van der Waals surface area contributed by atoms with Gasteiger partial charge in [-0.1, -0.05) is 91.0 Å². The van der Waals surface area contributed by atoms with Crippen LogP contribution in [0, 0.1) is 5.92 Å². The van der Waals surface area contributed by atoms with Crippen molar-refractivity contribution in [3.63, 3.8) is 0 Å². The van der Waals surface area contributed by atoms with Gasteiger partial charge in [-0.15, -0.1) is 0 Å². The van der Waals surface area contributed by atoms with Crippen LogP contribution in [0.25, 0.3) is 0 Å². The highest BCUT2D eigenvalue weighted by Gasteiger charge is 2.49. The molecule has 3 aromatic rings. The van der Waals surface area contributed by atoms with Gasteiger partial charge in [-0.2, -0.15) is 0 Å². The molecule has 0 heterocycles. The molecule has 1 fully saturated rings. The molecule has 0 radical (unpaired) electrons. The van der Waals surface area contributed by atoms with Crippen molar-refractivity contribution in [2.45, 2.75) is 31.3 Å². The van der Waals surface area contributed by atoms with E-state index in [4.69, 9.17) is 9.47 Å². The highest BCUT2D eigenvalue weighted by Crippen LogP contribution is 2.48. The van der Waals surface area contributed by atoms with Crippen LogP contribution in [0.15, 0.2) is 91.0 Å². The van der Waals surface area contributed by atoms with E-state index in [1.54, 1.807) is 31.2 Å². The molecular weight excluding hydrogens is 416 g/mol. The maximum Gasteiger partial charge on any atom is 0.352 e. The second-order valence-corrected chi connectivity index (χ2v) is 8.08. The second kappa shape index (κ2) is 10.3. The Bertz CT molecular complexity index is 1090. The van der Waals surface area contributed by atoms with E-state index in [-0.39, 0.29) is 30.6 Å². The molecule has 0 amide bonds. The predicted octanol–water partition coefficient (Wildman–Crippen LogP) is 4.99. The molecule has 0 saturated heterocycles. The number of esters is 2. The summed E-state index contributed by atoms with van der Waals surface area (Å²) < 4.78 is 10.9. The van der Waals surface area contributed by atoms with E-state index >= 15 is 0 Å². The Balaban J connectivity index is 1.68. The zero-order chi connectivity index (χ0) is 23.2. The largest absolute Gasteiger partial charge is 0.463 e. The van der Waals surface area contributed by atoms with Crippen LogP contribution in [0.5, 0.6) is 0 Å². The van der Waals surface area contributed by atoms with Crippen molar-refractivity contribution in [2.75, 3.05) is 6.61 Å². The van der Waals surface area contributed by atoms with Gasteiger partial charge in [-0.3, -0.25) is 9.59 Å². The lowest BCUT2D eigenvalue weighted by molar-refractivity contribution is -0.171. The summed E-state index contributed by atoms with van der Waals surface area (Å²) >= 11 is 0. The number of Topliss-reactive ketones (excluding diaryl/α,β-unsaturated/α-hetero) is 1.